The van der Waals surface area contributed by atoms with Crippen LogP contribution in [0.25, 0.3) is 0 Å². The predicted molar refractivity (Wildman–Crippen MR) is 82.7 cm³/mol. The van der Waals surface area contributed by atoms with Crippen molar-refractivity contribution in [2.45, 2.75) is 6.54 Å². The first-order valence-electron chi connectivity index (χ1n) is 6.77. The normalized spacial score (nSPS) is 9.57. The van der Waals surface area contributed by atoms with Crippen LogP contribution in [-0.2, 0) is 6.54 Å². The third-order valence-corrected chi connectivity index (χ3v) is 3.29. The van der Waals surface area contributed by atoms with Crippen molar-refractivity contribution in [1.29, 1.82) is 10.5 Å². The molecular weight excluding hydrogens is 295 g/mol. The molecule has 0 atom stereocenters. The van der Waals surface area contributed by atoms with Crippen LogP contribution in [0.4, 0.5) is 10.1 Å². The monoisotopic (exact) mass is 308 g/mol. The van der Waals surface area contributed by atoms with Crippen LogP contribution >= 0.6 is 0 Å². The van der Waals surface area contributed by atoms with Crippen molar-refractivity contribution in [1.82, 2.24) is 5.32 Å². The Morgan fingerprint density at radius 1 is 1.22 bits per heavy atom. The van der Waals surface area contributed by atoms with Crippen molar-refractivity contribution in [3.8, 4) is 12.3 Å². The minimum atomic E-state index is -0.621. The maximum Gasteiger partial charge on any atom is 0.251 e. The molecular formula is C17H13FN4O. The van der Waals surface area contributed by atoms with E-state index in [1.807, 2.05) is 6.19 Å². The van der Waals surface area contributed by atoms with Gasteiger partial charge in [-0.05, 0) is 35.9 Å². The maximum absolute atomic E-state index is 13.4. The number of amides is 1. The fourth-order valence-electron chi connectivity index (χ4n) is 2.04. The molecule has 2 rings (SSSR count). The van der Waals surface area contributed by atoms with Crippen LogP contribution in [0.1, 0.15) is 21.5 Å². The minimum Gasteiger partial charge on any atom is -0.355 e. The molecule has 0 saturated heterocycles. The van der Waals surface area contributed by atoms with Gasteiger partial charge in [0.2, 0.25) is 0 Å². The first-order chi connectivity index (χ1) is 11.1. The smallest absolute Gasteiger partial charge is 0.251 e. The summed E-state index contributed by atoms with van der Waals surface area (Å²) in [4.78, 5) is 12.8. The molecule has 2 aromatic carbocycles. The second-order valence-corrected chi connectivity index (χ2v) is 4.74. The number of anilines is 1. The molecule has 2 aromatic rings. The average Bonchev–Trinajstić information content (AvgIpc) is 2.60. The Hall–Kier alpha value is -3.38. The van der Waals surface area contributed by atoms with Gasteiger partial charge in [0.25, 0.3) is 5.91 Å². The van der Waals surface area contributed by atoms with Gasteiger partial charge in [-0.15, -0.1) is 0 Å². The van der Waals surface area contributed by atoms with Gasteiger partial charge in [-0.2, -0.15) is 10.5 Å². The molecule has 0 aliphatic carbocycles. The molecule has 0 spiro atoms. The third-order valence-electron chi connectivity index (χ3n) is 3.29. The summed E-state index contributed by atoms with van der Waals surface area (Å²) in [5.74, 6) is -0.810. The summed E-state index contributed by atoms with van der Waals surface area (Å²) in [5, 5.41) is 20.7. The van der Waals surface area contributed by atoms with E-state index >= 15 is 0 Å². The van der Waals surface area contributed by atoms with Crippen molar-refractivity contribution in [3.63, 3.8) is 0 Å². The van der Waals surface area contributed by atoms with Crippen molar-refractivity contribution in [2.24, 2.45) is 0 Å². The lowest BCUT2D eigenvalue weighted by Crippen LogP contribution is -2.18. The number of benzene rings is 2. The van der Waals surface area contributed by atoms with Gasteiger partial charge in [0.1, 0.15) is 11.9 Å². The zero-order chi connectivity index (χ0) is 16.8. The molecule has 0 aliphatic rings. The number of nitriles is 2. The molecule has 23 heavy (non-hydrogen) atoms. The standard InChI is InChI=1S/C17H13FN4O/c1-21-17(23)13-4-2-12(3-5-13)10-22(11-20)15-6-7-16(18)14(8-15)9-19/h2-8H,10H2,1H3,(H,21,23). The summed E-state index contributed by atoms with van der Waals surface area (Å²) in [6.45, 7) is 0.251. The Kier molecular flexibility index (Phi) is 4.91. The quantitative estimate of drug-likeness (QED) is 0.695. The summed E-state index contributed by atoms with van der Waals surface area (Å²) in [6.07, 6.45) is 2.01. The van der Waals surface area contributed by atoms with Gasteiger partial charge in [-0.1, -0.05) is 12.1 Å². The van der Waals surface area contributed by atoms with Crippen molar-refractivity contribution < 1.29 is 9.18 Å². The van der Waals surface area contributed by atoms with Crippen molar-refractivity contribution in [3.05, 3.63) is 65.0 Å². The highest BCUT2D eigenvalue weighted by atomic mass is 19.1. The summed E-state index contributed by atoms with van der Waals surface area (Å²) in [7, 11) is 1.55. The van der Waals surface area contributed by atoms with Crippen LogP contribution in [-0.4, -0.2) is 13.0 Å². The Labute approximate surface area is 133 Å². The van der Waals surface area contributed by atoms with Crippen LogP contribution in [0, 0.1) is 28.6 Å². The van der Waals surface area contributed by atoms with Crippen LogP contribution in [0.5, 0.6) is 0 Å². The molecule has 1 amide bonds. The van der Waals surface area contributed by atoms with Crippen LogP contribution in [0.2, 0.25) is 0 Å². The van der Waals surface area contributed by atoms with Gasteiger partial charge in [0.05, 0.1) is 17.8 Å². The summed E-state index contributed by atoms with van der Waals surface area (Å²) < 4.78 is 13.4. The van der Waals surface area contributed by atoms with Crippen molar-refractivity contribution >= 4 is 11.6 Å². The zero-order valence-electron chi connectivity index (χ0n) is 12.4. The van der Waals surface area contributed by atoms with Gasteiger partial charge in [0.15, 0.2) is 6.19 Å². The zero-order valence-corrected chi connectivity index (χ0v) is 12.4. The van der Waals surface area contributed by atoms with Crippen LogP contribution in [0.15, 0.2) is 42.5 Å². The molecule has 0 aromatic heterocycles. The van der Waals surface area contributed by atoms with E-state index < -0.39 is 5.82 Å². The largest absolute Gasteiger partial charge is 0.355 e. The van der Waals surface area contributed by atoms with Gasteiger partial charge in [-0.3, -0.25) is 9.69 Å². The molecule has 114 valence electrons. The second kappa shape index (κ2) is 7.06. The highest BCUT2D eigenvalue weighted by molar-refractivity contribution is 5.93. The van der Waals surface area contributed by atoms with E-state index in [1.165, 1.54) is 17.0 Å². The first-order valence-corrected chi connectivity index (χ1v) is 6.77. The Balaban J connectivity index is 2.22. The molecule has 0 bridgehead atoms. The summed E-state index contributed by atoms with van der Waals surface area (Å²) >= 11 is 0. The van der Waals surface area contributed by atoms with Crippen LogP contribution < -0.4 is 10.2 Å². The van der Waals surface area contributed by atoms with E-state index in [4.69, 9.17) is 5.26 Å². The molecule has 0 radical (unpaired) electrons. The van der Waals surface area contributed by atoms with E-state index in [-0.39, 0.29) is 18.0 Å². The average molecular weight is 308 g/mol. The number of hydrogen-bond donors (Lipinski definition) is 1. The molecule has 0 unspecified atom stereocenters. The van der Waals surface area contributed by atoms with Crippen molar-refractivity contribution in [2.75, 3.05) is 11.9 Å². The van der Waals surface area contributed by atoms with E-state index in [1.54, 1.807) is 37.4 Å². The Bertz CT molecular complexity index is 803. The highest BCUT2D eigenvalue weighted by Crippen LogP contribution is 2.20. The van der Waals surface area contributed by atoms with Gasteiger partial charge in [-0.25, -0.2) is 4.39 Å². The lowest BCUT2D eigenvalue weighted by atomic mass is 10.1. The number of carbonyl (C=O) groups is 1. The number of carbonyl (C=O) groups excluding carboxylic acids is 1. The molecule has 0 fully saturated rings. The number of halogens is 1. The van der Waals surface area contributed by atoms with E-state index in [2.05, 4.69) is 5.32 Å². The summed E-state index contributed by atoms with van der Waals surface area (Å²) in [5.41, 5.74) is 1.65. The number of nitrogens with one attached hydrogen (secondary N) is 1. The Morgan fingerprint density at radius 2 is 1.91 bits per heavy atom. The number of rotatable bonds is 4. The lowest BCUT2D eigenvalue weighted by molar-refractivity contribution is 0.0963. The van der Waals surface area contributed by atoms with E-state index in [0.29, 0.717) is 11.3 Å². The second-order valence-electron chi connectivity index (χ2n) is 4.74. The topological polar surface area (TPSA) is 79.9 Å². The Morgan fingerprint density at radius 3 is 2.48 bits per heavy atom. The van der Waals surface area contributed by atoms with Crippen LogP contribution in [0.3, 0.4) is 0 Å². The summed E-state index contributed by atoms with van der Waals surface area (Å²) in [6, 6.07) is 12.5. The first kappa shape index (κ1) is 16.0. The minimum absolute atomic E-state index is 0.113. The van der Waals surface area contributed by atoms with Gasteiger partial charge >= 0.3 is 0 Å². The van der Waals surface area contributed by atoms with Gasteiger partial charge < -0.3 is 5.32 Å². The predicted octanol–water partition coefficient (Wildman–Crippen LogP) is 2.54. The highest BCUT2D eigenvalue weighted by Gasteiger charge is 2.11. The molecule has 0 aliphatic heterocycles. The van der Waals surface area contributed by atoms with Gasteiger partial charge in [0, 0.05) is 12.6 Å². The molecule has 0 heterocycles. The maximum atomic E-state index is 13.4. The molecule has 6 heteroatoms. The van der Waals surface area contributed by atoms with E-state index in [0.717, 1.165) is 11.6 Å². The number of nitrogens with zero attached hydrogens (tertiary/aromatic N) is 3. The fraction of sp³-hybridized carbons (Fsp3) is 0.118. The number of hydrogen-bond acceptors (Lipinski definition) is 4. The molecule has 0 saturated carbocycles. The van der Waals surface area contributed by atoms with E-state index in [9.17, 15) is 14.4 Å². The molecule has 5 nitrogen and oxygen atoms in total. The SMILES string of the molecule is CNC(=O)c1ccc(CN(C#N)c2ccc(F)c(C#N)c2)cc1. The lowest BCUT2D eigenvalue weighted by Gasteiger charge is -2.16. The fourth-order valence-corrected chi connectivity index (χ4v) is 2.04. The molecule has 1 N–H and O–H groups in total. The third kappa shape index (κ3) is 3.63.